The van der Waals surface area contributed by atoms with Crippen molar-refractivity contribution in [3.63, 3.8) is 0 Å². The molecule has 0 aromatic heterocycles. The Labute approximate surface area is 188 Å². The Morgan fingerprint density at radius 2 is 0.581 bits per heavy atom. The summed E-state index contributed by atoms with van der Waals surface area (Å²) in [5.74, 6) is -7.11. The zero-order valence-electron chi connectivity index (χ0n) is 17.0. The number of carboxylic acids is 3. The summed E-state index contributed by atoms with van der Waals surface area (Å²) in [6.07, 6.45) is -2.94. The van der Waals surface area contributed by atoms with E-state index in [1.54, 1.807) is 0 Å². The summed E-state index contributed by atoms with van der Waals surface area (Å²) < 4.78 is 0. The van der Waals surface area contributed by atoms with Crippen LogP contribution in [-0.4, -0.2) is 52.6 Å². The van der Waals surface area contributed by atoms with Crippen LogP contribution in [0.3, 0.4) is 0 Å². The summed E-state index contributed by atoms with van der Waals surface area (Å²) in [5.41, 5.74) is 0. The normalized spacial score (nSPS) is 8.61. The number of ketones is 6. The summed E-state index contributed by atoms with van der Waals surface area (Å²) in [5, 5.41) is 29.2. The number of carbonyl (C=O) groups excluding carboxylic acids is 9. The third-order valence-corrected chi connectivity index (χ3v) is 2.36. The molecule has 0 aromatic rings. The Morgan fingerprint density at radius 3 is 0.677 bits per heavy atom. The van der Waals surface area contributed by atoms with E-state index in [-0.39, 0.29) is 54.0 Å². The van der Waals surface area contributed by atoms with Crippen molar-refractivity contribution < 1.29 is 75.8 Å². The number of hydrogen-bond acceptors (Lipinski definition) is 12. The van der Waals surface area contributed by atoms with Gasteiger partial charge in [0.25, 0.3) is 0 Å². The molecule has 0 fully saturated rings. The molecule has 0 aliphatic heterocycles. The average molecular weight is 481 g/mol. The predicted molar refractivity (Wildman–Crippen MR) is 89.8 cm³/mol. The number of hydrogen-bond donors (Lipinski definition) is 0. The molecule has 0 unspecified atom stereocenters. The van der Waals surface area contributed by atoms with E-state index in [0.29, 0.717) is 0 Å². The van der Waals surface area contributed by atoms with E-state index in [4.69, 9.17) is 0 Å². The minimum Gasteiger partial charge on any atom is -0.550 e. The van der Waals surface area contributed by atoms with Gasteiger partial charge in [0, 0.05) is 37.2 Å². The topological polar surface area (TPSA) is 223 Å². The quantitative estimate of drug-likeness (QED) is 0.243. The first-order valence-electron chi connectivity index (χ1n) is 8.19. The van der Waals surface area contributed by atoms with E-state index in [1.165, 1.54) is 20.8 Å². The molecule has 171 valence electrons. The fourth-order valence-corrected chi connectivity index (χ4v) is 1.50. The molecule has 0 aliphatic carbocycles. The van der Waals surface area contributed by atoms with Crippen molar-refractivity contribution in [2.45, 2.75) is 59.3 Å². The van der Waals surface area contributed by atoms with E-state index >= 15 is 0 Å². The van der Waals surface area contributed by atoms with E-state index in [0.717, 1.165) is 0 Å². The summed E-state index contributed by atoms with van der Waals surface area (Å²) in [6, 6.07) is 0. The van der Waals surface area contributed by atoms with E-state index < -0.39 is 54.5 Å². The number of carbonyl (C=O) groups is 9. The molecule has 0 bridgehead atoms. The van der Waals surface area contributed by atoms with Gasteiger partial charge in [-0.05, 0) is 20.8 Å². The maximum atomic E-state index is 10.4. The van der Waals surface area contributed by atoms with Gasteiger partial charge in [-0.1, -0.05) is 0 Å². The van der Waals surface area contributed by atoms with Crippen LogP contribution in [-0.2, 0) is 60.5 Å². The first-order valence-corrected chi connectivity index (χ1v) is 8.19. The fourth-order valence-electron chi connectivity index (χ4n) is 1.50. The third kappa shape index (κ3) is 38.2. The first-order chi connectivity index (χ1) is 13.6. The van der Waals surface area contributed by atoms with Gasteiger partial charge in [0.1, 0.15) is 34.7 Å². The minimum absolute atomic E-state index is 0. The van der Waals surface area contributed by atoms with Gasteiger partial charge in [-0.2, -0.15) is 0 Å². The van der Waals surface area contributed by atoms with Crippen LogP contribution in [0.2, 0.25) is 0 Å². The Hall–Kier alpha value is -3.04. The van der Waals surface area contributed by atoms with Gasteiger partial charge in [-0.3, -0.25) is 28.8 Å². The van der Waals surface area contributed by atoms with Crippen LogP contribution in [0.25, 0.3) is 0 Å². The number of Topliss-reactive ketones (excluding diaryl/α,β-unsaturated/α-hetero) is 6. The van der Waals surface area contributed by atoms with Crippen molar-refractivity contribution in [1.29, 1.82) is 0 Å². The standard InChI is InChI=1S/3C6H8O4.Cr/c3*1-4(7)2-5(8)3-6(9)10;/h3*2-3H2,1H3,(H,9,10);/q;;;+3/p-3. The average Bonchev–Trinajstić information content (AvgIpc) is 2.42. The van der Waals surface area contributed by atoms with Crippen molar-refractivity contribution in [2.24, 2.45) is 0 Å². The Morgan fingerprint density at radius 1 is 0.419 bits per heavy atom. The number of rotatable bonds is 12. The predicted octanol–water partition coefficient (Wildman–Crippen LogP) is -3.98. The Bertz CT molecular complexity index is 559. The Balaban J connectivity index is -0.000000174. The molecule has 0 amide bonds. The fraction of sp³-hybridized carbons (Fsp3) is 0.500. The summed E-state index contributed by atoms with van der Waals surface area (Å²) in [7, 11) is 0. The van der Waals surface area contributed by atoms with Crippen LogP contribution in [0.4, 0.5) is 0 Å². The molecule has 0 saturated heterocycles. The van der Waals surface area contributed by atoms with Crippen molar-refractivity contribution in [3.05, 3.63) is 0 Å². The third-order valence-electron chi connectivity index (χ3n) is 2.36. The van der Waals surface area contributed by atoms with Gasteiger partial charge in [0.05, 0.1) is 19.3 Å². The van der Waals surface area contributed by atoms with E-state index in [1.807, 2.05) is 0 Å². The monoisotopic (exact) mass is 481 g/mol. The van der Waals surface area contributed by atoms with Gasteiger partial charge in [0.2, 0.25) is 0 Å². The van der Waals surface area contributed by atoms with Crippen molar-refractivity contribution >= 4 is 52.6 Å². The van der Waals surface area contributed by atoms with E-state index in [9.17, 15) is 58.5 Å². The van der Waals surface area contributed by atoms with Crippen LogP contribution in [0.5, 0.6) is 0 Å². The van der Waals surface area contributed by atoms with Gasteiger partial charge in [-0.15, -0.1) is 0 Å². The summed E-state index contributed by atoms with van der Waals surface area (Å²) in [6.45, 7) is 3.69. The van der Waals surface area contributed by atoms with Gasteiger partial charge >= 0.3 is 17.4 Å². The first kappa shape index (κ1) is 35.4. The molecule has 0 N–H and O–H groups in total. The van der Waals surface area contributed by atoms with E-state index in [2.05, 4.69) is 0 Å². The van der Waals surface area contributed by atoms with Crippen LogP contribution in [0.15, 0.2) is 0 Å². The molecule has 12 nitrogen and oxygen atoms in total. The van der Waals surface area contributed by atoms with Gasteiger partial charge in [-0.25, -0.2) is 0 Å². The molecule has 0 aromatic carbocycles. The number of aliphatic carboxylic acids is 3. The SMILES string of the molecule is CC(=O)CC(=O)CC(=O)[O-].CC(=O)CC(=O)CC(=O)[O-].CC(=O)CC(=O)CC(=O)[O-].[Cr+3]. The molecular formula is C18H21CrO12. The molecular weight excluding hydrogens is 460 g/mol. The molecule has 1 radical (unpaired) electrons. The van der Waals surface area contributed by atoms with Gasteiger partial charge in [0.15, 0.2) is 0 Å². The second kappa shape index (κ2) is 20.2. The van der Waals surface area contributed by atoms with Crippen LogP contribution < -0.4 is 15.3 Å². The zero-order valence-corrected chi connectivity index (χ0v) is 18.3. The Kier molecular flexibility index (Phi) is 23.1. The number of carboxylic acid groups (broad SMARTS) is 3. The molecule has 0 rings (SSSR count). The largest absolute Gasteiger partial charge is 3.00 e. The molecule has 0 aliphatic rings. The maximum absolute atomic E-state index is 10.4. The minimum atomic E-state index is -1.44. The second-order valence-corrected chi connectivity index (χ2v) is 5.90. The summed E-state index contributed by atoms with van der Waals surface area (Å²) >= 11 is 0. The molecule has 0 heterocycles. The second-order valence-electron chi connectivity index (χ2n) is 5.90. The molecule has 0 saturated carbocycles. The van der Waals surface area contributed by atoms with Crippen molar-refractivity contribution in [1.82, 2.24) is 0 Å². The maximum Gasteiger partial charge on any atom is 3.00 e. The van der Waals surface area contributed by atoms with Crippen molar-refractivity contribution in [2.75, 3.05) is 0 Å². The van der Waals surface area contributed by atoms with Crippen LogP contribution in [0, 0.1) is 0 Å². The summed E-state index contributed by atoms with van der Waals surface area (Å²) in [4.78, 5) is 91.1. The van der Waals surface area contributed by atoms with Crippen LogP contribution >= 0.6 is 0 Å². The van der Waals surface area contributed by atoms with Crippen molar-refractivity contribution in [3.8, 4) is 0 Å². The smallest absolute Gasteiger partial charge is 0.550 e. The molecule has 13 heteroatoms. The molecule has 0 atom stereocenters. The molecule has 31 heavy (non-hydrogen) atoms. The zero-order chi connectivity index (χ0) is 24.4. The van der Waals surface area contributed by atoms with Crippen LogP contribution in [0.1, 0.15) is 59.3 Å². The van der Waals surface area contributed by atoms with Gasteiger partial charge < -0.3 is 29.7 Å². The molecule has 0 spiro atoms.